The molecule has 1 heterocycles. The van der Waals surface area contributed by atoms with Crippen molar-refractivity contribution < 1.29 is 9.59 Å². The zero-order valence-corrected chi connectivity index (χ0v) is 11.8. The van der Waals surface area contributed by atoms with E-state index in [-0.39, 0.29) is 10.2 Å². The molecule has 0 bridgehead atoms. The minimum atomic E-state index is -0.0132. The van der Waals surface area contributed by atoms with Crippen LogP contribution in [0.1, 0.15) is 26.3 Å². The first kappa shape index (κ1) is 12.5. The van der Waals surface area contributed by atoms with Gasteiger partial charge < -0.3 is 0 Å². The van der Waals surface area contributed by atoms with Gasteiger partial charge in [-0.25, -0.2) is 0 Å². The number of rotatable bonds is 0. The van der Waals surface area contributed by atoms with Crippen molar-refractivity contribution >= 4 is 33.8 Å². The summed E-state index contributed by atoms with van der Waals surface area (Å²) in [6.45, 7) is 1.94. The second-order valence-electron chi connectivity index (χ2n) is 4.27. The molecule has 0 fully saturated rings. The number of aryl methyl sites for hydroxylation is 1. The van der Waals surface area contributed by atoms with E-state index in [2.05, 4.69) is 0 Å². The van der Waals surface area contributed by atoms with Crippen LogP contribution in [0.2, 0.25) is 0 Å². The SMILES string of the molecule is Cc1ccc2c(c1)C(=O)Sc1ccccc1C(=O)S2. The highest BCUT2D eigenvalue weighted by Gasteiger charge is 2.23. The van der Waals surface area contributed by atoms with E-state index in [4.69, 9.17) is 0 Å². The lowest BCUT2D eigenvalue weighted by Gasteiger charge is -2.14. The number of fused-ring (bicyclic) bond motifs is 2. The molecule has 19 heavy (non-hydrogen) atoms. The lowest BCUT2D eigenvalue weighted by Crippen LogP contribution is -2.05. The van der Waals surface area contributed by atoms with E-state index in [0.717, 1.165) is 38.9 Å². The van der Waals surface area contributed by atoms with Gasteiger partial charge in [0, 0.05) is 20.9 Å². The van der Waals surface area contributed by atoms with Crippen LogP contribution in [0.3, 0.4) is 0 Å². The van der Waals surface area contributed by atoms with Crippen molar-refractivity contribution in [3.05, 3.63) is 59.2 Å². The lowest BCUT2D eigenvalue weighted by molar-refractivity contribution is 0.108. The van der Waals surface area contributed by atoms with Gasteiger partial charge in [-0.15, -0.1) is 0 Å². The predicted molar refractivity (Wildman–Crippen MR) is 78.0 cm³/mol. The zero-order chi connectivity index (χ0) is 13.4. The second kappa shape index (κ2) is 4.87. The topological polar surface area (TPSA) is 34.1 Å². The molecule has 0 N–H and O–H groups in total. The molecule has 0 atom stereocenters. The van der Waals surface area contributed by atoms with Crippen molar-refractivity contribution in [2.24, 2.45) is 0 Å². The maximum absolute atomic E-state index is 12.3. The van der Waals surface area contributed by atoms with Crippen LogP contribution in [-0.4, -0.2) is 10.2 Å². The number of thioether (sulfide) groups is 2. The third-order valence-electron chi connectivity index (χ3n) is 2.87. The normalized spacial score (nSPS) is 14.4. The zero-order valence-electron chi connectivity index (χ0n) is 10.2. The Morgan fingerprint density at radius 1 is 0.789 bits per heavy atom. The first-order valence-corrected chi connectivity index (χ1v) is 7.42. The highest BCUT2D eigenvalue weighted by Crippen LogP contribution is 2.37. The minimum absolute atomic E-state index is 0.00819. The first-order chi connectivity index (χ1) is 9.15. The summed E-state index contributed by atoms with van der Waals surface area (Å²) < 4.78 is 0. The van der Waals surface area contributed by atoms with Gasteiger partial charge in [-0.3, -0.25) is 9.59 Å². The van der Waals surface area contributed by atoms with Gasteiger partial charge in [-0.1, -0.05) is 23.8 Å². The van der Waals surface area contributed by atoms with Gasteiger partial charge in [0.2, 0.25) is 10.2 Å². The van der Waals surface area contributed by atoms with Crippen LogP contribution < -0.4 is 0 Å². The first-order valence-electron chi connectivity index (χ1n) is 5.79. The summed E-state index contributed by atoms with van der Waals surface area (Å²) in [6, 6.07) is 12.9. The van der Waals surface area contributed by atoms with Crippen LogP contribution in [-0.2, 0) is 0 Å². The molecule has 1 aliphatic heterocycles. The quantitative estimate of drug-likeness (QED) is 0.728. The molecule has 0 amide bonds. The standard InChI is InChI=1S/C15H10O2S2/c1-9-6-7-13-11(8-9)15(17)18-12-5-3-2-4-10(12)14(16)19-13/h2-8H,1H3. The summed E-state index contributed by atoms with van der Waals surface area (Å²) >= 11 is 2.26. The van der Waals surface area contributed by atoms with Gasteiger partial charge in [0.25, 0.3) is 0 Å². The summed E-state index contributed by atoms with van der Waals surface area (Å²) in [5.41, 5.74) is 2.25. The summed E-state index contributed by atoms with van der Waals surface area (Å²) in [5.74, 6) is 0. The Morgan fingerprint density at radius 2 is 1.42 bits per heavy atom. The fourth-order valence-electron chi connectivity index (χ4n) is 1.93. The van der Waals surface area contributed by atoms with E-state index in [1.165, 1.54) is 0 Å². The van der Waals surface area contributed by atoms with Crippen LogP contribution in [0.25, 0.3) is 0 Å². The minimum Gasteiger partial charge on any atom is -0.281 e. The summed E-state index contributed by atoms with van der Waals surface area (Å²) in [7, 11) is 0. The average molecular weight is 286 g/mol. The molecule has 3 rings (SSSR count). The fourth-order valence-corrected chi connectivity index (χ4v) is 3.84. The molecule has 0 saturated carbocycles. The van der Waals surface area contributed by atoms with E-state index in [9.17, 15) is 9.59 Å². The molecule has 94 valence electrons. The maximum atomic E-state index is 12.3. The molecule has 0 aromatic heterocycles. The molecule has 0 radical (unpaired) electrons. The summed E-state index contributed by atoms with van der Waals surface area (Å²) in [5, 5.41) is -0.0214. The maximum Gasteiger partial charge on any atom is 0.225 e. The van der Waals surface area contributed by atoms with Crippen molar-refractivity contribution in [3.8, 4) is 0 Å². The Morgan fingerprint density at radius 3 is 2.21 bits per heavy atom. The number of hydrogen-bond donors (Lipinski definition) is 0. The number of benzene rings is 2. The molecular weight excluding hydrogens is 276 g/mol. The van der Waals surface area contributed by atoms with Crippen LogP contribution in [0.5, 0.6) is 0 Å². The molecule has 2 nitrogen and oxygen atoms in total. The van der Waals surface area contributed by atoms with E-state index in [1.807, 2.05) is 43.3 Å². The van der Waals surface area contributed by atoms with E-state index >= 15 is 0 Å². The van der Waals surface area contributed by atoms with Gasteiger partial charge in [-0.2, -0.15) is 0 Å². The van der Waals surface area contributed by atoms with E-state index in [1.54, 1.807) is 6.07 Å². The Kier molecular flexibility index (Phi) is 3.21. The van der Waals surface area contributed by atoms with Gasteiger partial charge in [-0.05, 0) is 54.7 Å². The van der Waals surface area contributed by atoms with Crippen molar-refractivity contribution in [1.29, 1.82) is 0 Å². The third-order valence-corrected chi connectivity index (χ3v) is 4.83. The average Bonchev–Trinajstić information content (AvgIpc) is 2.40. The molecule has 0 aliphatic carbocycles. The molecule has 0 saturated heterocycles. The Labute approximate surface area is 119 Å². The number of hydrogen-bond acceptors (Lipinski definition) is 4. The van der Waals surface area contributed by atoms with Crippen LogP contribution in [0, 0.1) is 6.92 Å². The smallest absolute Gasteiger partial charge is 0.225 e. The highest BCUT2D eigenvalue weighted by molar-refractivity contribution is 8.16. The number of carbonyl (C=O) groups excluding carboxylic acids is 2. The van der Waals surface area contributed by atoms with E-state index < -0.39 is 0 Å². The van der Waals surface area contributed by atoms with Crippen LogP contribution in [0.15, 0.2) is 52.3 Å². The molecule has 0 unspecified atom stereocenters. The molecule has 4 heteroatoms. The highest BCUT2D eigenvalue weighted by atomic mass is 32.2. The lowest BCUT2D eigenvalue weighted by atomic mass is 10.1. The summed E-state index contributed by atoms with van der Waals surface area (Å²) in [4.78, 5) is 26.0. The third kappa shape index (κ3) is 2.33. The Balaban J connectivity index is 2.15. The van der Waals surface area contributed by atoms with Crippen LogP contribution in [0.4, 0.5) is 0 Å². The largest absolute Gasteiger partial charge is 0.281 e. The molecule has 2 aromatic carbocycles. The van der Waals surface area contributed by atoms with Crippen molar-refractivity contribution in [2.45, 2.75) is 16.7 Å². The monoisotopic (exact) mass is 286 g/mol. The fraction of sp³-hybridized carbons (Fsp3) is 0.0667. The van der Waals surface area contributed by atoms with E-state index in [0.29, 0.717) is 11.1 Å². The molecule has 1 aliphatic rings. The van der Waals surface area contributed by atoms with Crippen molar-refractivity contribution in [1.82, 2.24) is 0 Å². The van der Waals surface area contributed by atoms with Crippen molar-refractivity contribution in [2.75, 3.05) is 0 Å². The molecule has 0 spiro atoms. The molecule has 2 aromatic rings. The predicted octanol–water partition coefficient (Wildman–Crippen LogP) is 4.17. The molecular formula is C15H10O2S2. The van der Waals surface area contributed by atoms with Gasteiger partial charge in [0.05, 0.1) is 0 Å². The van der Waals surface area contributed by atoms with Gasteiger partial charge in [0.15, 0.2) is 0 Å². The Hall–Kier alpha value is -1.52. The van der Waals surface area contributed by atoms with Crippen LogP contribution >= 0.6 is 23.5 Å². The van der Waals surface area contributed by atoms with Crippen molar-refractivity contribution in [3.63, 3.8) is 0 Å². The second-order valence-corrected chi connectivity index (χ2v) is 6.30. The van der Waals surface area contributed by atoms with Gasteiger partial charge >= 0.3 is 0 Å². The van der Waals surface area contributed by atoms with Gasteiger partial charge in [0.1, 0.15) is 0 Å². The number of carbonyl (C=O) groups is 2. The Bertz CT molecular complexity index is 692. The summed E-state index contributed by atoms with van der Waals surface area (Å²) in [6.07, 6.45) is 0.